The monoisotopic (exact) mass is 172 g/mol. The summed E-state index contributed by atoms with van der Waals surface area (Å²) in [6.07, 6.45) is 2.44. The lowest BCUT2D eigenvalue weighted by molar-refractivity contribution is -0.109. The molecule has 70 valence electrons. The van der Waals surface area contributed by atoms with Crippen LogP contribution in [0.15, 0.2) is 0 Å². The summed E-state index contributed by atoms with van der Waals surface area (Å²) < 4.78 is 0. The molecule has 1 fully saturated rings. The second kappa shape index (κ2) is 5.11. The molecule has 1 heterocycles. The molecule has 0 unspecified atom stereocenters. The molecule has 1 aliphatic rings. The number of nitrogens with zero attached hydrogens (tertiary/aromatic N) is 1. The third kappa shape index (κ3) is 3.19. The minimum Gasteiger partial charge on any atom is -0.392 e. The predicted octanol–water partition coefficient (Wildman–Crippen LogP) is -0.811. The average molecular weight is 172 g/mol. The number of aliphatic hydroxyl groups excluding tert-OH is 1. The number of amides is 1. The Kier molecular flexibility index (Phi) is 4.04. The Morgan fingerprint density at radius 3 is 3.08 bits per heavy atom. The summed E-state index contributed by atoms with van der Waals surface area (Å²) in [5.41, 5.74) is 0. The molecule has 0 radical (unpaired) electrons. The zero-order valence-electron chi connectivity index (χ0n) is 7.20. The number of nitrogens with one attached hydrogen (secondary N) is 1. The first-order valence-electron chi connectivity index (χ1n) is 4.40. The summed E-state index contributed by atoms with van der Waals surface area (Å²) in [5.74, 6) is 0. The number of carbonyl (C=O) groups excluding carboxylic acids is 1. The lowest BCUT2D eigenvalue weighted by atomic mass is 10.3. The highest BCUT2D eigenvalue weighted by Gasteiger charge is 2.18. The van der Waals surface area contributed by atoms with Crippen LogP contribution in [0.25, 0.3) is 0 Å². The van der Waals surface area contributed by atoms with E-state index in [1.54, 1.807) is 0 Å². The Morgan fingerprint density at radius 1 is 1.67 bits per heavy atom. The van der Waals surface area contributed by atoms with Gasteiger partial charge in [0.05, 0.1) is 6.10 Å². The number of aliphatic hydroxyl groups is 1. The predicted molar refractivity (Wildman–Crippen MR) is 45.7 cm³/mol. The Bertz CT molecular complexity index is 141. The molecule has 4 heteroatoms. The normalized spacial score (nSPS) is 24.2. The summed E-state index contributed by atoms with van der Waals surface area (Å²) in [5, 5.41) is 11.8. The highest BCUT2D eigenvalue weighted by atomic mass is 16.3. The summed E-state index contributed by atoms with van der Waals surface area (Å²) in [6, 6.07) is 0. The van der Waals surface area contributed by atoms with Gasteiger partial charge in [0.2, 0.25) is 6.41 Å². The van der Waals surface area contributed by atoms with Crippen molar-refractivity contribution in [1.29, 1.82) is 0 Å². The molecule has 0 saturated carbocycles. The summed E-state index contributed by atoms with van der Waals surface area (Å²) >= 11 is 0. The third-order valence-corrected chi connectivity index (χ3v) is 2.13. The van der Waals surface area contributed by atoms with E-state index in [9.17, 15) is 9.90 Å². The Balaban J connectivity index is 1.96. The zero-order chi connectivity index (χ0) is 8.81. The number of β-amino-alcohol motifs (C(OH)–C–C–N with tert-alkyl or cyclic N) is 1. The van der Waals surface area contributed by atoms with Crippen LogP contribution in [0.2, 0.25) is 0 Å². The third-order valence-electron chi connectivity index (χ3n) is 2.13. The van der Waals surface area contributed by atoms with Gasteiger partial charge < -0.3 is 15.3 Å². The first-order chi connectivity index (χ1) is 5.83. The Hall–Kier alpha value is -0.610. The van der Waals surface area contributed by atoms with E-state index in [0.717, 1.165) is 45.4 Å². The number of rotatable bonds is 5. The fourth-order valence-electron chi connectivity index (χ4n) is 1.48. The van der Waals surface area contributed by atoms with Crippen molar-refractivity contribution in [3.8, 4) is 0 Å². The van der Waals surface area contributed by atoms with Crippen molar-refractivity contribution in [2.24, 2.45) is 0 Å². The molecule has 2 N–H and O–H groups in total. The molecule has 1 rings (SSSR count). The topological polar surface area (TPSA) is 52.6 Å². The minimum atomic E-state index is -0.135. The Morgan fingerprint density at radius 2 is 2.50 bits per heavy atom. The van der Waals surface area contributed by atoms with Crippen molar-refractivity contribution < 1.29 is 9.90 Å². The molecule has 12 heavy (non-hydrogen) atoms. The maximum absolute atomic E-state index is 9.89. The lowest BCUT2D eigenvalue weighted by Crippen LogP contribution is -2.26. The second-order valence-corrected chi connectivity index (χ2v) is 3.17. The van der Waals surface area contributed by atoms with E-state index < -0.39 is 0 Å². The molecule has 1 atom stereocenters. The van der Waals surface area contributed by atoms with Gasteiger partial charge in [0, 0.05) is 19.6 Å². The fourth-order valence-corrected chi connectivity index (χ4v) is 1.48. The van der Waals surface area contributed by atoms with Crippen LogP contribution in [0.1, 0.15) is 12.8 Å². The molecule has 1 saturated heterocycles. The highest BCUT2D eigenvalue weighted by molar-refractivity contribution is 5.45. The van der Waals surface area contributed by atoms with Crippen molar-refractivity contribution in [3.63, 3.8) is 0 Å². The molecule has 0 spiro atoms. The first kappa shape index (κ1) is 9.48. The molecule has 1 amide bonds. The average Bonchev–Trinajstić information content (AvgIpc) is 2.45. The van der Waals surface area contributed by atoms with Crippen molar-refractivity contribution in [2.75, 3.05) is 26.2 Å². The van der Waals surface area contributed by atoms with Crippen LogP contribution in [0, 0.1) is 0 Å². The second-order valence-electron chi connectivity index (χ2n) is 3.17. The summed E-state index contributed by atoms with van der Waals surface area (Å²) in [4.78, 5) is 12.1. The van der Waals surface area contributed by atoms with E-state index in [1.165, 1.54) is 0 Å². The first-order valence-corrected chi connectivity index (χ1v) is 4.40. The van der Waals surface area contributed by atoms with Gasteiger partial charge >= 0.3 is 0 Å². The van der Waals surface area contributed by atoms with E-state index in [4.69, 9.17) is 0 Å². The van der Waals surface area contributed by atoms with Crippen molar-refractivity contribution >= 4 is 6.41 Å². The number of hydrogen-bond acceptors (Lipinski definition) is 3. The van der Waals surface area contributed by atoms with Crippen LogP contribution in [-0.4, -0.2) is 48.7 Å². The summed E-state index contributed by atoms with van der Waals surface area (Å²) in [7, 11) is 0. The minimum absolute atomic E-state index is 0.135. The lowest BCUT2D eigenvalue weighted by Gasteiger charge is -2.13. The molecule has 0 aliphatic carbocycles. The number of carbonyl (C=O) groups is 1. The fraction of sp³-hybridized carbons (Fsp3) is 0.875. The van der Waals surface area contributed by atoms with E-state index >= 15 is 0 Å². The molecular weight excluding hydrogens is 156 g/mol. The van der Waals surface area contributed by atoms with Crippen molar-refractivity contribution in [1.82, 2.24) is 10.2 Å². The van der Waals surface area contributed by atoms with E-state index in [-0.39, 0.29) is 6.10 Å². The van der Waals surface area contributed by atoms with Crippen molar-refractivity contribution in [3.05, 3.63) is 0 Å². The molecule has 0 aromatic carbocycles. The smallest absolute Gasteiger partial charge is 0.207 e. The quantitative estimate of drug-likeness (QED) is 0.421. The molecule has 0 aromatic rings. The number of likely N-dealkylation sites (tertiary alicyclic amines) is 1. The standard InChI is InChI=1S/C8H16N2O2/c11-7-9-3-1-4-10-5-2-8(12)6-10/h7-8,12H,1-6H2,(H,9,11)/t8-/m0/s1. The molecule has 0 bridgehead atoms. The van der Waals surface area contributed by atoms with Crippen LogP contribution >= 0.6 is 0 Å². The largest absolute Gasteiger partial charge is 0.392 e. The number of hydrogen-bond donors (Lipinski definition) is 2. The molecule has 1 aliphatic heterocycles. The van der Waals surface area contributed by atoms with Crippen LogP contribution < -0.4 is 5.32 Å². The van der Waals surface area contributed by atoms with Gasteiger partial charge in [-0.2, -0.15) is 0 Å². The van der Waals surface area contributed by atoms with Crippen LogP contribution in [0.3, 0.4) is 0 Å². The summed E-state index contributed by atoms with van der Waals surface area (Å²) in [6.45, 7) is 3.48. The zero-order valence-corrected chi connectivity index (χ0v) is 7.20. The highest BCUT2D eigenvalue weighted by Crippen LogP contribution is 2.08. The van der Waals surface area contributed by atoms with Gasteiger partial charge in [0.15, 0.2) is 0 Å². The molecule has 0 aromatic heterocycles. The Labute approximate surface area is 72.6 Å². The van der Waals surface area contributed by atoms with Crippen LogP contribution in [0.4, 0.5) is 0 Å². The van der Waals surface area contributed by atoms with Gasteiger partial charge in [-0.15, -0.1) is 0 Å². The van der Waals surface area contributed by atoms with Gasteiger partial charge in [-0.3, -0.25) is 4.79 Å². The molecule has 4 nitrogen and oxygen atoms in total. The van der Waals surface area contributed by atoms with Gasteiger partial charge in [0.1, 0.15) is 0 Å². The molecular formula is C8H16N2O2. The van der Waals surface area contributed by atoms with Gasteiger partial charge in [-0.05, 0) is 19.4 Å². The van der Waals surface area contributed by atoms with Crippen LogP contribution in [-0.2, 0) is 4.79 Å². The van der Waals surface area contributed by atoms with Gasteiger partial charge in [-0.25, -0.2) is 0 Å². The van der Waals surface area contributed by atoms with Gasteiger partial charge in [-0.1, -0.05) is 0 Å². The SMILES string of the molecule is O=CNCCCN1CC[C@H](O)C1. The maximum atomic E-state index is 9.89. The van der Waals surface area contributed by atoms with Gasteiger partial charge in [0.25, 0.3) is 0 Å². The van der Waals surface area contributed by atoms with Crippen molar-refractivity contribution in [2.45, 2.75) is 18.9 Å². The van der Waals surface area contributed by atoms with E-state index in [1.807, 2.05) is 0 Å². The maximum Gasteiger partial charge on any atom is 0.207 e. The van der Waals surface area contributed by atoms with E-state index in [2.05, 4.69) is 10.2 Å². The van der Waals surface area contributed by atoms with Crippen LogP contribution in [0.5, 0.6) is 0 Å². The van der Waals surface area contributed by atoms with E-state index in [0.29, 0.717) is 0 Å².